The molecule has 7 nitrogen and oxygen atoms in total. The summed E-state index contributed by atoms with van der Waals surface area (Å²) in [6.45, 7) is 4.43. The molecule has 1 unspecified atom stereocenters. The molecule has 2 fully saturated rings. The van der Waals surface area contributed by atoms with E-state index in [1.54, 1.807) is 25.4 Å². The third kappa shape index (κ3) is 3.09. The van der Waals surface area contributed by atoms with Gasteiger partial charge < -0.3 is 9.64 Å². The Kier molecular flexibility index (Phi) is 4.33. The second-order valence-corrected chi connectivity index (χ2v) is 7.99. The van der Waals surface area contributed by atoms with Crippen LogP contribution in [0.15, 0.2) is 18.5 Å². The average molecular weight is 326 g/mol. The highest BCUT2D eigenvalue weighted by molar-refractivity contribution is 7.89. The van der Waals surface area contributed by atoms with Gasteiger partial charge in [-0.15, -0.1) is 0 Å². The van der Waals surface area contributed by atoms with Gasteiger partial charge in [0, 0.05) is 25.5 Å². The Morgan fingerprint density at radius 3 is 2.82 bits per heavy atom. The molecule has 0 bridgehead atoms. The molecule has 2 saturated heterocycles. The first kappa shape index (κ1) is 15.6. The average Bonchev–Trinajstić information content (AvgIpc) is 2.90. The summed E-state index contributed by atoms with van der Waals surface area (Å²) in [5.41, 5.74) is -0.156. The van der Waals surface area contributed by atoms with E-state index in [1.165, 1.54) is 0 Å². The van der Waals surface area contributed by atoms with E-state index in [2.05, 4.69) is 19.6 Å². The summed E-state index contributed by atoms with van der Waals surface area (Å²) >= 11 is 0. The molecule has 0 saturated carbocycles. The van der Waals surface area contributed by atoms with Gasteiger partial charge in [0.05, 0.1) is 18.8 Å². The fourth-order valence-electron chi connectivity index (χ4n) is 3.23. The van der Waals surface area contributed by atoms with Gasteiger partial charge in [0.1, 0.15) is 5.60 Å². The zero-order chi connectivity index (χ0) is 15.6. The topological polar surface area (TPSA) is 84.4 Å². The Morgan fingerprint density at radius 1 is 1.41 bits per heavy atom. The van der Waals surface area contributed by atoms with Crippen LogP contribution < -0.4 is 9.62 Å². The zero-order valence-electron chi connectivity index (χ0n) is 12.7. The van der Waals surface area contributed by atoms with Crippen molar-refractivity contribution < 1.29 is 13.2 Å². The summed E-state index contributed by atoms with van der Waals surface area (Å²) in [5, 5.41) is 0. The number of nitrogens with zero attached hydrogens (tertiary/aromatic N) is 3. The lowest BCUT2D eigenvalue weighted by Crippen LogP contribution is -2.65. The highest BCUT2D eigenvalue weighted by atomic mass is 32.2. The Labute approximate surface area is 131 Å². The van der Waals surface area contributed by atoms with Crippen molar-refractivity contribution in [3.8, 4) is 0 Å². The molecule has 1 N–H and O–H groups in total. The number of rotatable bonds is 6. The third-order valence-electron chi connectivity index (χ3n) is 4.55. The van der Waals surface area contributed by atoms with Crippen LogP contribution >= 0.6 is 0 Å². The maximum absolute atomic E-state index is 11.5. The van der Waals surface area contributed by atoms with Crippen LogP contribution in [0.1, 0.15) is 19.8 Å². The van der Waals surface area contributed by atoms with E-state index in [1.807, 2.05) is 0 Å². The molecule has 1 atom stereocenters. The Hall–Kier alpha value is -1.25. The first-order chi connectivity index (χ1) is 10.5. The Bertz CT molecular complexity index is 602. The number of anilines is 1. The number of hydrogen-bond donors (Lipinski definition) is 1. The minimum absolute atomic E-state index is 0.123. The van der Waals surface area contributed by atoms with Gasteiger partial charge >= 0.3 is 0 Å². The highest BCUT2D eigenvalue weighted by Crippen LogP contribution is 2.42. The molecular weight excluding hydrogens is 304 g/mol. The number of sulfonamides is 1. The number of hydrogen-bond acceptors (Lipinski definition) is 6. The monoisotopic (exact) mass is 326 g/mol. The van der Waals surface area contributed by atoms with Crippen LogP contribution in [0.3, 0.4) is 0 Å². The molecule has 122 valence electrons. The maximum atomic E-state index is 11.5. The summed E-state index contributed by atoms with van der Waals surface area (Å²) in [6, 6.07) is 1.80. The fraction of sp³-hybridized carbons (Fsp3) is 0.714. The van der Waals surface area contributed by atoms with Crippen LogP contribution in [-0.4, -0.2) is 56.0 Å². The smallest absolute Gasteiger partial charge is 0.225 e. The largest absolute Gasteiger partial charge is 0.371 e. The third-order valence-corrected chi connectivity index (χ3v) is 5.95. The van der Waals surface area contributed by atoms with Crippen LogP contribution in [0.5, 0.6) is 0 Å². The maximum Gasteiger partial charge on any atom is 0.225 e. The van der Waals surface area contributed by atoms with E-state index >= 15 is 0 Å². The normalized spacial score (nSPS) is 23.7. The highest BCUT2D eigenvalue weighted by Gasteiger charge is 2.53. The molecule has 0 radical (unpaired) electrons. The van der Waals surface area contributed by atoms with E-state index in [4.69, 9.17) is 4.74 Å². The van der Waals surface area contributed by atoms with Gasteiger partial charge in [0.2, 0.25) is 16.0 Å². The molecule has 1 spiro atoms. The molecule has 0 aliphatic carbocycles. The molecule has 8 heteroatoms. The second-order valence-electron chi connectivity index (χ2n) is 5.89. The minimum Gasteiger partial charge on any atom is -0.371 e. The minimum atomic E-state index is -3.11. The molecular formula is C14H22N4O3S. The lowest BCUT2D eigenvalue weighted by molar-refractivity contribution is -0.0457. The van der Waals surface area contributed by atoms with E-state index in [9.17, 15) is 8.42 Å². The predicted molar refractivity (Wildman–Crippen MR) is 83.1 cm³/mol. The number of ether oxygens (including phenoxy) is 1. The molecule has 3 rings (SSSR count). The second kappa shape index (κ2) is 6.10. The van der Waals surface area contributed by atoms with Crippen molar-refractivity contribution in [1.29, 1.82) is 0 Å². The SMILES string of the molecule is CCS(=O)(=O)NCCC1CCOC12CN(c1ncccn1)C2. The first-order valence-electron chi connectivity index (χ1n) is 7.68. The molecule has 2 aliphatic heterocycles. The molecule has 3 heterocycles. The number of nitrogens with one attached hydrogen (secondary N) is 1. The lowest BCUT2D eigenvalue weighted by Gasteiger charge is -2.50. The van der Waals surface area contributed by atoms with E-state index in [-0.39, 0.29) is 11.4 Å². The molecule has 22 heavy (non-hydrogen) atoms. The summed E-state index contributed by atoms with van der Waals surface area (Å²) in [6.07, 6.45) is 5.26. The van der Waals surface area contributed by atoms with Gasteiger partial charge in [-0.25, -0.2) is 23.1 Å². The van der Waals surface area contributed by atoms with Gasteiger partial charge in [-0.1, -0.05) is 0 Å². The molecule has 2 aliphatic rings. The van der Waals surface area contributed by atoms with Crippen molar-refractivity contribution in [3.05, 3.63) is 18.5 Å². The molecule has 0 amide bonds. The van der Waals surface area contributed by atoms with Crippen molar-refractivity contribution in [3.63, 3.8) is 0 Å². The summed E-state index contributed by atoms with van der Waals surface area (Å²) < 4.78 is 31.6. The summed E-state index contributed by atoms with van der Waals surface area (Å²) in [7, 11) is -3.11. The van der Waals surface area contributed by atoms with Crippen LogP contribution in [-0.2, 0) is 14.8 Å². The summed E-state index contributed by atoms with van der Waals surface area (Å²) in [4.78, 5) is 10.6. The van der Waals surface area contributed by atoms with Gasteiger partial charge in [0.25, 0.3) is 0 Å². The van der Waals surface area contributed by atoms with Crippen LogP contribution in [0.25, 0.3) is 0 Å². The van der Waals surface area contributed by atoms with E-state index in [0.29, 0.717) is 12.5 Å². The van der Waals surface area contributed by atoms with Gasteiger partial charge in [-0.2, -0.15) is 0 Å². The van der Waals surface area contributed by atoms with Gasteiger partial charge in [-0.3, -0.25) is 0 Å². The fourth-order valence-corrected chi connectivity index (χ4v) is 3.86. The van der Waals surface area contributed by atoms with Crippen molar-refractivity contribution in [2.75, 3.05) is 36.9 Å². The van der Waals surface area contributed by atoms with E-state index < -0.39 is 10.0 Å². The van der Waals surface area contributed by atoms with Crippen molar-refractivity contribution >= 4 is 16.0 Å². The van der Waals surface area contributed by atoms with Crippen LogP contribution in [0, 0.1) is 5.92 Å². The van der Waals surface area contributed by atoms with Crippen LogP contribution in [0.2, 0.25) is 0 Å². The van der Waals surface area contributed by atoms with Crippen molar-refractivity contribution in [1.82, 2.24) is 14.7 Å². The number of aromatic nitrogens is 2. The van der Waals surface area contributed by atoms with Gasteiger partial charge in [0.15, 0.2) is 0 Å². The van der Waals surface area contributed by atoms with E-state index in [0.717, 1.165) is 38.5 Å². The predicted octanol–water partition coefficient (Wildman–Crippen LogP) is 0.401. The van der Waals surface area contributed by atoms with Gasteiger partial charge in [-0.05, 0) is 31.7 Å². The summed E-state index contributed by atoms with van der Waals surface area (Å²) in [5.74, 6) is 1.24. The molecule has 1 aromatic heterocycles. The van der Waals surface area contributed by atoms with Crippen molar-refractivity contribution in [2.45, 2.75) is 25.4 Å². The molecule has 1 aromatic rings. The molecule has 0 aromatic carbocycles. The Morgan fingerprint density at radius 2 is 2.14 bits per heavy atom. The Balaban J connectivity index is 1.54. The first-order valence-corrected chi connectivity index (χ1v) is 9.33. The zero-order valence-corrected chi connectivity index (χ0v) is 13.6. The van der Waals surface area contributed by atoms with Crippen molar-refractivity contribution in [2.24, 2.45) is 5.92 Å². The standard InChI is InChI=1S/C14H22N4O3S/c1-2-22(19,20)17-8-4-12-5-9-21-14(12)10-18(11-14)13-15-6-3-7-16-13/h3,6-7,12,17H,2,4-5,8-11H2,1H3. The van der Waals surface area contributed by atoms with Crippen LogP contribution in [0.4, 0.5) is 5.95 Å². The quantitative estimate of drug-likeness (QED) is 0.815. The lowest BCUT2D eigenvalue weighted by atomic mass is 9.79.